The molecule has 74 heavy (non-hydrogen) atoms. The minimum atomic E-state index is -0.0516. The van der Waals surface area contributed by atoms with Crippen molar-refractivity contribution in [2.24, 2.45) is 0 Å². The third kappa shape index (κ3) is 9.09. The number of amides is 1. The molecule has 0 saturated carbocycles. The molecule has 4 heteroatoms. The molecule has 12 rings (SSSR count). The van der Waals surface area contributed by atoms with Crippen LogP contribution in [-0.4, -0.2) is 5.91 Å². The summed E-state index contributed by atoms with van der Waals surface area (Å²) in [5.74, 6) is -0.0516. The number of rotatable bonds is 12. The molecule has 0 aliphatic heterocycles. The van der Waals surface area contributed by atoms with Crippen molar-refractivity contribution in [3.8, 4) is 44.5 Å². The Labute approximate surface area is 432 Å². The van der Waals surface area contributed by atoms with Gasteiger partial charge in [0.25, 0.3) is 0 Å². The molecule has 0 spiro atoms. The van der Waals surface area contributed by atoms with E-state index in [0.29, 0.717) is 0 Å². The van der Waals surface area contributed by atoms with Crippen LogP contribution in [0, 0.1) is 0 Å². The summed E-state index contributed by atoms with van der Waals surface area (Å²) in [5, 5.41) is 4.83. The lowest BCUT2D eigenvalue weighted by atomic mass is 9.99. The molecule has 0 radical (unpaired) electrons. The van der Waals surface area contributed by atoms with Crippen LogP contribution in [0.2, 0.25) is 0 Å². The maximum Gasteiger partial charge on any atom is 0.228 e. The van der Waals surface area contributed by atoms with Crippen LogP contribution >= 0.6 is 0 Å². The van der Waals surface area contributed by atoms with Crippen molar-refractivity contribution in [1.29, 1.82) is 0 Å². The van der Waals surface area contributed by atoms with E-state index in [1.165, 1.54) is 21.5 Å². The van der Waals surface area contributed by atoms with Gasteiger partial charge in [-0.1, -0.05) is 206 Å². The van der Waals surface area contributed by atoms with Crippen LogP contribution in [0.1, 0.15) is 6.92 Å². The van der Waals surface area contributed by atoms with Crippen LogP contribution in [0.25, 0.3) is 66.1 Å². The highest BCUT2D eigenvalue weighted by molar-refractivity contribution is 6.01. The van der Waals surface area contributed by atoms with Gasteiger partial charge in [-0.2, -0.15) is 0 Å². The van der Waals surface area contributed by atoms with E-state index in [1.54, 1.807) is 11.8 Å². The molecule has 4 nitrogen and oxygen atoms in total. The molecule has 0 fully saturated rings. The van der Waals surface area contributed by atoms with Crippen molar-refractivity contribution >= 4 is 73.0 Å². The zero-order valence-corrected chi connectivity index (χ0v) is 41.0. The average molecular weight is 950 g/mol. The predicted octanol–water partition coefficient (Wildman–Crippen LogP) is 19.3. The van der Waals surface area contributed by atoms with Gasteiger partial charge in [-0.15, -0.1) is 0 Å². The fourth-order valence-corrected chi connectivity index (χ4v) is 10.2. The zero-order chi connectivity index (χ0) is 49.8. The Morgan fingerprint density at radius 1 is 0.243 bits per heavy atom. The quantitative estimate of drug-likeness (QED) is 0.122. The van der Waals surface area contributed by atoms with Crippen molar-refractivity contribution in [3.63, 3.8) is 0 Å². The maximum atomic E-state index is 13.2. The molecule has 1 amide bonds. The minimum absolute atomic E-state index is 0.0516. The Hall–Kier alpha value is -9.77. The highest BCUT2D eigenvalue weighted by atomic mass is 16.2. The maximum absolute atomic E-state index is 13.2. The predicted molar refractivity (Wildman–Crippen MR) is 312 cm³/mol. The van der Waals surface area contributed by atoms with Gasteiger partial charge in [-0.05, 0) is 140 Å². The van der Waals surface area contributed by atoms with Crippen LogP contribution in [0.15, 0.2) is 291 Å². The standard InChI is InChI=1S/C70H51N3O/c1-50(74)71(63-42-34-55(35-43-63)51-26-30-53(31-27-51)57-38-46-65(47-39-57)72(61-18-4-2-5-19-61)69-24-12-16-59-14-8-10-22-67(59)69)64-44-36-56(37-45-64)52-28-32-54(33-29-52)58-40-48-66(49-41-58)73(62-20-6-3-7-21-62)70-25-13-17-60-15-9-11-23-68(60)70/h2-49H,1H3. The summed E-state index contributed by atoms with van der Waals surface area (Å²) in [7, 11) is 0. The summed E-state index contributed by atoms with van der Waals surface area (Å²) in [6, 6.07) is 103. The van der Waals surface area contributed by atoms with Crippen LogP contribution in [-0.2, 0) is 4.79 Å². The second kappa shape index (κ2) is 20.2. The number of anilines is 8. The fraction of sp³-hybridized carbons (Fsp3) is 0.0143. The van der Waals surface area contributed by atoms with Crippen molar-refractivity contribution in [1.82, 2.24) is 0 Å². The Morgan fingerprint density at radius 2 is 0.486 bits per heavy atom. The molecule has 0 atom stereocenters. The molecule has 0 N–H and O–H groups in total. The number of carbonyl (C=O) groups excluding carboxylic acids is 1. The van der Waals surface area contributed by atoms with E-state index in [1.807, 2.05) is 24.3 Å². The third-order valence-corrected chi connectivity index (χ3v) is 14.0. The highest BCUT2D eigenvalue weighted by Gasteiger charge is 2.18. The van der Waals surface area contributed by atoms with E-state index >= 15 is 0 Å². The van der Waals surface area contributed by atoms with E-state index in [-0.39, 0.29) is 5.91 Å². The normalized spacial score (nSPS) is 11.1. The van der Waals surface area contributed by atoms with Crippen molar-refractivity contribution in [2.75, 3.05) is 14.7 Å². The number of hydrogen-bond acceptors (Lipinski definition) is 3. The second-order valence-corrected chi connectivity index (χ2v) is 18.5. The first kappa shape index (κ1) is 45.4. The van der Waals surface area contributed by atoms with E-state index < -0.39 is 0 Å². The summed E-state index contributed by atoms with van der Waals surface area (Å²) >= 11 is 0. The molecule has 352 valence electrons. The Morgan fingerprint density at radius 3 is 0.797 bits per heavy atom. The monoisotopic (exact) mass is 949 g/mol. The largest absolute Gasteiger partial charge is 0.310 e. The number of nitrogens with zero attached hydrogens (tertiary/aromatic N) is 3. The van der Waals surface area contributed by atoms with Crippen molar-refractivity contribution in [2.45, 2.75) is 6.92 Å². The number of hydrogen-bond donors (Lipinski definition) is 0. The van der Waals surface area contributed by atoms with Gasteiger partial charge in [-0.25, -0.2) is 0 Å². The van der Waals surface area contributed by atoms with Crippen LogP contribution in [0.4, 0.5) is 45.5 Å². The summed E-state index contributed by atoms with van der Waals surface area (Å²) in [4.78, 5) is 19.7. The summed E-state index contributed by atoms with van der Waals surface area (Å²) in [5.41, 5.74) is 17.3. The molecule has 0 aliphatic rings. The highest BCUT2D eigenvalue weighted by Crippen LogP contribution is 2.42. The lowest BCUT2D eigenvalue weighted by molar-refractivity contribution is -0.115. The fourth-order valence-electron chi connectivity index (χ4n) is 10.2. The van der Waals surface area contributed by atoms with Crippen molar-refractivity contribution in [3.05, 3.63) is 291 Å². The Bertz CT molecular complexity index is 3610. The average Bonchev–Trinajstić information content (AvgIpc) is 3.47. The van der Waals surface area contributed by atoms with Gasteiger partial charge in [0.05, 0.1) is 11.4 Å². The minimum Gasteiger partial charge on any atom is -0.310 e. The van der Waals surface area contributed by atoms with Gasteiger partial charge in [0.15, 0.2) is 0 Å². The Balaban J connectivity index is 0.725. The van der Waals surface area contributed by atoms with Gasteiger partial charge < -0.3 is 9.80 Å². The SMILES string of the molecule is CC(=O)N(c1ccc(-c2ccc(-c3ccc(N(c4ccccc4)c4cccc5ccccc45)cc3)cc2)cc1)c1ccc(-c2ccc(-c3ccc(N(c4ccccc4)c4cccc5ccccc45)cc3)cc2)cc1. The van der Waals surface area contributed by atoms with Crippen LogP contribution in [0.5, 0.6) is 0 Å². The van der Waals surface area contributed by atoms with Gasteiger partial charge in [-0.3, -0.25) is 9.69 Å². The van der Waals surface area contributed by atoms with E-state index in [9.17, 15) is 4.79 Å². The summed E-state index contributed by atoms with van der Waals surface area (Å²) < 4.78 is 0. The first-order valence-electron chi connectivity index (χ1n) is 25.1. The van der Waals surface area contributed by atoms with Crippen molar-refractivity contribution < 1.29 is 4.79 Å². The molecule has 0 aromatic heterocycles. The molecule has 0 saturated heterocycles. The van der Waals surface area contributed by atoms with Gasteiger partial charge in [0, 0.05) is 51.8 Å². The molecule has 12 aromatic carbocycles. The molecular formula is C70H51N3O. The van der Waals surface area contributed by atoms with Crippen LogP contribution in [0.3, 0.4) is 0 Å². The molecule has 12 aromatic rings. The van der Waals surface area contributed by atoms with Gasteiger partial charge in [0.1, 0.15) is 0 Å². The zero-order valence-electron chi connectivity index (χ0n) is 41.0. The number of benzene rings is 12. The van der Waals surface area contributed by atoms with Crippen LogP contribution < -0.4 is 14.7 Å². The molecule has 0 heterocycles. The smallest absolute Gasteiger partial charge is 0.228 e. The van der Waals surface area contributed by atoms with E-state index in [4.69, 9.17) is 0 Å². The number of para-hydroxylation sites is 2. The summed E-state index contributed by atoms with van der Waals surface area (Å²) in [6.45, 7) is 1.62. The molecular weight excluding hydrogens is 899 g/mol. The van der Waals surface area contributed by atoms with E-state index in [0.717, 1.165) is 90.0 Å². The lowest BCUT2D eigenvalue weighted by Crippen LogP contribution is -2.22. The molecule has 0 bridgehead atoms. The first-order valence-corrected chi connectivity index (χ1v) is 25.1. The van der Waals surface area contributed by atoms with E-state index in [2.05, 4.69) is 277 Å². The molecule has 0 unspecified atom stereocenters. The topological polar surface area (TPSA) is 26.8 Å². The number of fused-ring (bicyclic) bond motifs is 2. The summed E-state index contributed by atoms with van der Waals surface area (Å²) in [6.07, 6.45) is 0. The number of carbonyl (C=O) groups is 1. The Kier molecular flexibility index (Phi) is 12.4. The third-order valence-electron chi connectivity index (χ3n) is 14.0. The van der Waals surface area contributed by atoms with Gasteiger partial charge in [0.2, 0.25) is 5.91 Å². The van der Waals surface area contributed by atoms with Gasteiger partial charge >= 0.3 is 0 Å². The lowest BCUT2D eigenvalue weighted by Gasteiger charge is -2.27. The molecule has 0 aliphatic carbocycles. The first-order chi connectivity index (χ1) is 36.5. The second-order valence-electron chi connectivity index (χ2n) is 18.5.